The Bertz CT molecular complexity index is 562. The van der Waals surface area contributed by atoms with Crippen molar-refractivity contribution < 1.29 is 4.79 Å². The maximum Gasteiger partial charge on any atom is 0.314 e. The quantitative estimate of drug-likeness (QED) is 0.638. The highest BCUT2D eigenvalue weighted by molar-refractivity contribution is 5.83. The van der Waals surface area contributed by atoms with Crippen molar-refractivity contribution >= 4 is 16.9 Å². The molecule has 0 aliphatic heterocycles. The van der Waals surface area contributed by atoms with Crippen molar-refractivity contribution in [2.75, 3.05) is 13.1 Å². The molecule has 0 unspecified atom stereocenters. The van der Waals surface area contributed by atoms with E-state index >= 15 is 0 Å². The first-order valence-corrected chi connectivity index (χ1v) is 7.88. The van der Waals surface area contributed by atoms with Gasteiger partial charge in [-0.2, -0.15) is 0 Å². The van der Waals surface area contributed by atoms with Crippen LogP contribution >= 0.6 is 0 Å². The molecule has 2 rings (SSSR count). The van der Waals surface area contributed by atoms with E-state index in [2.05, 4.69) is 34.7 Å². The van der Waals surface area contributed by atoms with Crippen molar-refractivity contribution in [2.45, 2.75) is 39.0 Å². The van der Waals surface area contributed by atoms with Crippen molar-refractivity contribution in [1.82, 2.24) is 15.6 Å². The van der Waals surface area contributed by atoms with Crippen LogP contribution in [0.4, 0.5) is 4.79 Å². The van der Waals surface area contributed by atoms with Gasteiger partial charge in [-0.3, -0.25) is 0 Å². The van der Waals surface area contributed by atoms with E-state index in [0.29, 0.717) is 6.54 Å². The molecule has 0 saturated heterocycles. The lowest BCUT2D eigenvalue weighted by atomic mass is 10.1. The first kappa shape index (κ1) is 15.4. The lowest BCUT2D eigenvalue weighted by Crippen LogP contribution is -2.37. The van der Waals surface area contributed by atoms with Gasteiger partial charge in [0.1, 0.15) is 0 Å². The van der Waals surface area contributed by atoms with E-state index in [1.54, 1.807) is 0 Å². The molecule has 2 aromatic rings. The van der Waals surface area contributed by atoms with Gasteiger partial charge in [0.2, 0.25) is 0 Å². The largest absolute Gasteiger partial charge is 0.361 e. The van der Waals surface area contributed by atoms with Crippen LogP contribution in [-0.2, 0) is 6.42 Å². The molecule has 0 aliphatic carbocycles. The minimum Gasteiger partial charge on any atom is -0.361 e. The molecule has 2 amide bonds. The number of H-pyrrole nitrogens is 1. The monoisotopic (exact) mass is 287 g/mol. The molecule has 1 aromatic carbocycles. The predicted molar refractivity (Wildman–Crippen MR) is 87.5 cm³/mol. The van der Waals surface area contributed by atoms with E-state index < -0.39 is 0 Å². The van der Waals surface area contributed by atoms with Crippen molar-refractivity contribution in [3.8, 4) is 0 Å². The summed E-state index contributed by atoms with van der Waals surface area (Å²) in [5.41, 5.74) is 2.39. The van der Waals surface area contributed by atoms with Crippen molar-refractivity contribution in [3.05, 3.63) is 36.0 Å². The number of amides is 2. The van der Waals surface area contributed by atoms with E-state index in [4.69, 9.17) is 0 Å². The van der Waals surface area contributed by atoms with Gasteiger partial charge in [0, 0.05) is 30.2 Å². The Kier molecular flexibility index (Phi) is 6.13. The molecule has 3 N–H and O–H groups in total. The first-order valence-electron chi connectivity index (χ1n) is 7.88. The highest BCUT2D eigenvalue weighted by Crippen LogP contribution is 2.17. The Labute approximate surface area is 126 Å². The molecule has 0 atom stereocenters. The van der Waals surface area contributed by atoms with Crippen molar-refractivity contribution in [2.24, 2.45) is 0 Å². The fraction of sp³-hybridized carbons (Fsp3) is 0.471. The molecule has 0 saturated carbocycles. The van der Waals surface area contributed by atoms with E-state index in [1.807, 2.05) is 18.3 Å². The summed E-state index contributed by atoms with van der Waals surface area (Å²) in [5, 5.41) is 7.05. The number of para-hydroxylation sites is 1. The van der Waals surface area contributed by atoms with Gasteiger partial charge >= 0.3 is 6.03 Å². The van der Waals surface area contributed by atoms with E-state index in [9.17, 15) is 4.79 Å². The molecule has 1 heterocycles. The average Bonchev–Trinajstić information content (AvgIpc) is 2.91. The number of aromatic nitrogens is 1. The third-order valence-corrected chi connectivity index (χ3v) is 3.67. The second kappa shape index (κ2) is 8.35. The zero-order valence-electron chi connectivity index (χ0n) is 12.7. The van der Waals surface area contributed by atoms with Crippen LogP contribution in [0.2, 0.25) is 0 Å². The molecule has 0 radical (unpaired) electrons. The van der Waals surface area contributed by atoms with Gasteiger partial charge in [0.05, 0.1) is 0 Å². The summed E-state index contributed by atoms with van der Waals surface area (Å²) >= 11 is 0. The van der Waals surface area contributed by atoms with Gasteiger partial charge in [-0.15, -0.1) is 0 Å². The molecule has 4 heteroatoms. The summed E-state index contributed by atoms with van der Waals surface area (Å²) in [4.78, 5) is 14.9. The summed E-state index contributed by atoms with van der Waals surface area (Å²) in [6.07, 6.45) is 7.57. The summed E-state index contributed by atoms with van der Waals surface area (Å²) in [7, 11) is 0. The normalized spacial score (nSPS) is 10.7. The number of hydrogen-bond acceptors (Lipinski definition) is 1. The number of aromatic amines is 1. The minimum atomic E-state index is -0.0636. The maximum atomic E-state index is 11.6. The lowest BCUT2D eigenvalue weighted by Gasteiger charge is -2.07. The van der Waals surface area contributed by atoms with Crippen LogP contribution in [0.5, 0.6) is 0 Å². The van der Waals surface area contributed by atoms with Crippen molar-refractivity contribution in [1.29, 1.82) is 0 Å². The second-order valence-electron chi connectivity index (χ2n) is 5.35. The first-order chi connectivity index (χ1) is 10.3. The van der Waals surface area contributed by atoms with Crippen LogP contribution in [0, 0.1) is 0 Å². The Morgan fingerprint density at radius 1 is 1.10 bits per heavy atom. The number of urea groups is 1. The van der Waals surface area contributed by atoms with E-state index in [-0.39, 0.29) is 6.03 Å². The minimum absolute atomic E-state index is 0.0636. The fourth-order valence-corrected chi connectivity index (χ4v) is 2.47. The smallest absolute Gasteiger partial charge is 0.314 e. The number of benzene rings is 1. The van der Waals surface area contributed by atoms with Crippen LogP contribution < -0.4 is 10.6 Å². The molecule has 0 fully saturated rings. The number of carbonyl (C=O) groups is 1. The lowest BCUT2D eigenvalue weighted by molar-refractivity contribution is 0.241. The molecular formula is C17H25N3O. The third-order valence-electron chi connectivity index (χ3n) is 3.67. The van der Waals surface area contributed by atoms with Crippen LogP contribution in [0.15, 0.2) is 30.5 Å². The molecular weight excluding hydrogens is 262 g/mol. The Morgan fingerprint density at radius 3 is 2.76 bits per heavy atom. The number of rotatable bonds is 8. The van der Waals surface area contributed by atoms with E-state index in [1.165, 1.54) is 30.2 Å². The topological polar surface area (TPSA) is 56.9 Å². The van der Waals surface area contributed by atoms with Crippen LogP contribution in [-0.4, -0.2) is 24.1 Å². The summed E-state index contributed by atoms with van der Waals surface area (Å²) in [6.45, 7) is 3.60. The molecule has 114 valence electrons. The Hall–Kier alpha value is -1.97. The standard InChI is InChI=1S/C17H25N3O/c1-2-3-4-7-11-18-17(21)19-12-10-14-13-20-16-9-6-5-8-15(14)16/h5-6,8-9,13,20H,2-4,7,10-12H2,1H3,(H2,18,19,21). The van der Waals surface area contributed by atoms with Crippen molar-refractivity contribution in [3.63, 3.8) is 0 Å². The second-order valence-corrected chi connectivity index (χ2v) is 5.35. The van der Waals surface area contributed by atoms with E-state index in [0.717, 1.165) is 24.9 Å². The van der Waals surface area contributed by atoms with Crippen LogP contribution in [0.25, 0.3) is 10.9 Å². The number of nitrogens with one attached hydrogen (secondary N) is 3. The zero-order valence-corrected chi connectivity index (χ0v) is 12.7. The highest BCUT2D eigenvalue weighted by Gasteiger charge is 2.03. The average molecular weight is 287 g/mol. The molecule has 21 heavy (non-hydrogen) atoms. The fourth-order valence-electron chi connectivity index (χ4n) is 2.47. The molecule has 0 bridgehead atoms. The number of carbonyl (C=O) groups excluding carboxylic acids is 1. The maximum absolute atomic E-state index is 11.6. The van der Waals surface area contributed by atoms with Gasteiger partial charge in [0.25, 0.3) is 0 Å². The van der Waals surface area contributed by atoms with Gasteiger partial charge in [0.15, 0.2) is 0 Å². The molecule has 1 aromatic heterocycles. The van der Waals surface area contributed by atoms with Gasteiger partial charge in [-0.05, 0) is 24.5 Å². The SMILES string of the molecule is CCCCCCNC(=O)NCCc1c[nH]c2ccccc12. The van der Waals surface area contributed by atoms with Gasteiger partial charge in [-0.1, -0.05) is 44.4 Å². The Balaban J connectivity index is 1.66. The van der Waals surface area contributed by atoms with Crippen LogP contribution in [0.3, 0.4) is 0 Å². The Morgan fingerprint density at radius 2 is 1.90 bits per heavy atom. The van der Waals surface area contributed by atoms with Gasteiger partial charge in [-0.25, -0.2) is 4.79 Å². The molecule has 0 spiro atoms. The number of fused-ring (bicyclic) bond motifs is 1. The highest BCUT2D eigenvalue weighted by atomic mass is 16.2. The number of unbranched alkanes of at least 4 members (excludes halogenated alkanes) is 3. The molecule has 0 aliphatic rings. The van der Waals surface area contributed by atoms with Crippen LogP contribution in [0.1, 0.15) is 38.2 Å². The predicted octanol–water partition coefficient (Wildman–Crippen LogP) is 3.59. The third kappa shape index (κ3) is 4.81. The molecule has 4 nitrogen and oxygen atoms in total. The number of hydrogen-bond donors (Lipinski definition) is 3. The summed E-state index contributed by atoms with van der Waals surface area (Å²) in [5.74, 6) is 0. The summed E-state index contributed by atoms with van der Waals surface area (Å²) in [6, 6.07) is 8.17. The zero-order chi connectivity index (χ0) is 14.9. The van der Waals surface area contributed by atoms with Gasteiger partial charge < -0.3 is 15.6 Å². The summed E-state index contributed by atoms with van der Waals surface area (Å²) < 4.78 is 0.